The largest absolute Gasteiger partial charge is 0.444 e. The van der Waals surface area contributed by atoms with E-state index in [-0.39, 0.29) is 5.91 Å². The van der Waals surface area contributed by atoms with E-state index < -0.39 is 17.7 Å². The molecular weight excluding hydrogens is 342 g/mol. The van der Waals surface area contributed by atoms with E-state index in [9.17, 15) is 9.59 Å². The van der Waals surface area contributed by atoms with Crippen LogP contribution in [0.5, 0.6) is 0 Å². The third-order valence-electron chi connectivity index (χ3n) is 4.76. The number of alkyl carbamates (subject to hydrolysis) is 1. The molecule has 1 saturated heterocycles. The number of benzene rings is 1. The number of piperidine rings is 1. The van der Waals surface area contributed by atoms with Crippen LogP contribution in [0.1, 0.15) is 45.6 Å². The predicted octanol–water partition coefficient (Wildman–Crippen LogP) is 3.62. The van der Waals surface area contributed by atoms with Gasteiger partial charge in [-0.25, -0.2) is 4.79 Å². The molecule has 0 unspecified atom stereocenters. The Bertz CT molecular complexity index is 800. The van der Waals surface area contributed by atoms with Gasteiger partial charge in [0, 0.05) is 36.6 Å². The molecule has 1 fully saturated rings. The first-order valence-corrected chi connectivity index (χ1v) is 9.67. The number of ether oxygens (including phenoxy) is 1. The molecule has 6 nitrogen and oxygen atoms in total. The van der Waals surface area contributed by atoms with Crippen molar-refractivity contribution in [3.8, 4) is 0 Å². The van der Waals surface area contributed by atoms with Crippen LogP contribution in [0.25, 0.3) is 10.9 Å². The fraction of sp³-hybridized carbons (Fsp3) is 0.524. The number of hydrogen-bond acceptors (Lipinski definition) is 3. The van der Waals surface area contributed by atoms with Gasteiger partial charge in [0.1, 0.15) is 11.6 Å². The van der Waals surface area contributed by atoms with E-state index in [2.05, 4.69) is 10.3 Å². The van der Waals surface area contributed by atoms with Crippen LogP contribution in [0.2, 0.25) is 0 Å². The molecule has 2 aromatic rings. The summed E-state index contributed by atoms with van der Waals surface area (Å²) in [7, 11) is 0. The molecule has 0 bridgehead atoms. The molecule has 1 aromatic carbocycles. The van der Waals surface area contributed by atoms with Gasteiger partial charge in [-0.05, 0) is 51.7 Å². The lowest BCUT2D eigenvalue weighted by Crippen LogP contribution is -2.51. The summed E-state index contributed by atoms with van der Waals surface area (Å²) in [6.45, 7) is 6.94. The Morgan fingerprint density at radius 1 is 1.19 bits per heavy atom. The fourth-order valence-electron chi connectivity index (χ4n) is 3.50. The fourth-order valence-corrected chi connectivity index (χ4v) is 3.50. The summed E-state index contributed by atoms with van der Waals surface area (Å²) >= 11 is 0. The molecule has 0 aliphatic carbocycles. The Morgan fingerprint density at radius 2 is 1.89 bits per heavy atom. The van der Waals surface area contributed by atoms with Gasteiger partial charge in [-0.1, -0.05) is 18.2 Å². The average molecular weight is 371 g/mol. The van der Waals surface area contributed by atoms with Crippen LogP contribution in [0.3, 0.4) is 0 Å². The third kappa shape index (κ3) is 5.02. The summed E-state index contributed by atoms with van der Waals surface area (Å²) in [6.07, 6.45) is 4.96. The van der Waals surface area contributed by atoms with Crippen LogP contribution in [0, 0.1) is 0 Å². The van der Waals surface area contributed by atoms with Gasteiger partial charge in [-0.2, -0.15) is 0 Å². The molecule has 2 amide bonds. The lowest BCUT2D eigenvalue weighted by Gasteiger charge is -2.31. The summed E-state index contributed by atoms with van der Waals surface area (Å²) in [5, 5.41) is 3.88. The van der Waals surface area contributed by atoms with Gasteiger partial charge >= 0.3 is 6.09 Å². The highest BCUT2D eigenvalue weighted by atomic mass is 16.6. The zero-order valence-corrected chi connectivity index (χ0v) is 16.4. The zero-order chi connectivity index (χ0) is 19.4. The summed E-state index contributed by atoms with van der Waals surface area (Å²) < 4.78 is 5.38. The minimum absolute atomic E-state index is 0.0363. The number of nitrogens with zero attached hydrogens (tertiary/aromatic N) is 1. The highest BCUT2D eigenvalue weighted by Gasteiger charge is 2.29. The molecule has 2 heterocycles. The number of carbonyl (C=O) groups excluding carboxylic acids is 2. The zero-order valence-electron chi connectivity index (χ0n) is 16.4. The van der Waals surface area contributed by atoms with Crippen molar-refractivity contribution in [2.75, 3.05) is 13.1 Å². The first-order chi connectivity index (χ1) is 12.8. The van der Waals surface area contributed by atoms with Crippen LogP contribution >= 0.6 is 0 Å². The molecule has 146 valence electrons. The number of fused-ring (bicyclic) bond motifs is 1. The number of H-pyrrole nitrogens is 1. The van der Waals surface area contributed by atoms with Gasteiger partial charge in [-0.3, -0.25) is 4.79 Å². The molecule has 1 atom stereocenters. The SMILES string of the molecule is CC(C)(C)OC(=O)N[C@@H](Cc1c[nH]c2ccccc12)C(=O)N1CCCCC1. The van der Waals surface area contributed by atoms with Crippen LogP contribution in [0.4, 0.5) is 4.79 Å². The maximum absolute atomic E-state index is 13.1. The molecule has 0 radical (unpaired) electrons. The van der Waals surface area contributed by atoms with E-state index in [0.29, 0.717) is 6.42 Å². The number of para-hydroxylation sites is 1. The van der Waals surface area contributed by atoms with Gasteiger partial charge in [0.15, 0.2) is 0 Å². The maximum atomic E-state index is 13.1. The second-order valence-corrected chi connectivity index (χ2v) is 8.15. The lowest BCUT2D eigenvalue weighted by atomic mass is 10.0. The molecule has 27 heavy (non-hydrogen) atoms. The number of aromatic nitrogens is 1. The molecule has 2 N–H and O–H groups in total. The van der Waals surface area contributed by atoms with Crippen LogP contribution in [0.15, 0.2) is 30.5 Å². The Hall–Kier alpha value is -2.50. The first-order valence-electron chi connectivity index (χ1n) is 9.67. The highest BCUT2D eigenvalue weighted by molar-refractivity contribution is 5.88. The monoisotopic (exact) mass is 371 g/mol. The molecule has 1 aliphatic rings. The topological polar surface area (TPSA) is 74.4 Å². The maximum Gasteiger partial charge on any atom is 0.408 e. The number of hydrogen-bond donors (Lipinski definition) is 2. The quantitative estimate of drug-likeness (QED) is 0.862. The molecule has 3 rings (SSSR count). The predicted molar refractivity (Wildman–Crippen MR) is 106 cm³/mol. The van der Waals surface area contributed by atoms with Gasteiger partial charge in [0.2, 0.25) is 5.91 Å². The average Bonchev–Trinajstić information content (AvgIpc) is 3.03. The van der Waals surface area contributed by atoms with Gasteiger partial charge < -0.3 is 19.9 Å². The second kappa shape index (κ2) is 8.03. The van der Waals surface area contributed by atoms with E-state index in [1.165, 1.54) is 0 Å². The van der Waals surface area contributed by atoms with Crippen LogP contribution < -0.4 is 5.32 Å². The summed E-state index contributed by atoms with van der Waals surface area (Å²) in [4.78, 5) is 30.5. The van der Waals surface area contributed by atoms with Crippen molar-refractivity contribution in [1.29, 1.82) is 0 Å². The Kier molecular flexibility index (Phi) is 5.73. The number of carbonyl (C=O) groups is 2. The normalized spacial score (nSPS) is 16.2. The third-order valence-corrected chi connectivity index (χ3v) is 4.76. The highest BCUT2D eigenvalue weighted by Crippen LogP contribution is 2.20. The molecular formula is C21H29N3O3. The van der Waals surface area contributed by atoms with Crippen molar-refractivity contribution in [2.45, 2.75) is 58.1 Å². The first kappa shape index (κ1) is 19.3. The number of amides is 2. The summed E-state index contributed by atoms with van der Waals surface area (Å²) in [6, 6.07) is 7.33. The number of rotatable bonds is 4. The lowest BCUT2D eigenvalue weighted by molar-refractivity contribution is -0.134. The molecule has 1 aromatic heterocycles. The van der Waals surface area contributed by atoms with Crippen LogP contribution in [-0.2, 0) is 16.0 Å². The second-order valence-electron chi connectivity index (χ2n) is 8.15. The van der Waals surface area contributed by atoms with E-state index in [1.54, 1.807) is 0 Å². The van der Waals surface area contributed by atoms with Crippen molar-refractivity contribution in [3.63, 3.8) is 0 Å². The van der Waals surface area contributed by atoms with Gasteiger partial charge in [0.05, 0.1) is 0 Å². The minimum atomic E-state index is -0.642. The summed E-state index contributed by atoms with van der Waals surface area (Å²) in [5.74, 6) is -0.0363. The standard InChI is InChI=1S/C21H29N3O3/c1-21(2,3)27-20(26)23-18(19(25)24-11-7-4-8-12-24)13-15-14-22-17-10-6-5-9-16(15)17/h5-6,9-10,14,18,22H,4,7-8,11-13H2,1-3H3,(H,23,26)/t18-/m0/s1. The molecule has 1 aliphatic heterocycles. The van der Waals surface area contributed by atoms with Gasteiger partial charge in [-0.15, -0.1) is 0 Å². The van der Waals surface area contributed by atoms with E-state index in [1.807, 2.05) is 56.1 Å². The van der Waals surface area contributed by atoms with Crippen molar-refractivity contribution in [2.24, 2.45) is 0 Å². The molecule has 0 spiro atoms. The molecule has 0 saturated carbocycles. The Morgan fingerprint density at radius 3 is 2.59 bits per heavy atom. The Labute approximate surface area is 160 Å². The van der Waals surface area contributed by atoms with Crippen molar-refractivity contribution < 1.29 is 14.3 Å². The van der Waals surface area contributed by atoms with Crippen molar-refractivity contribution in [3.05, 3.63) is 36.0 Å². The van der Waals surface area contributed by atoms with E-state index in [4.69, 9.17) is 4.74 Å². The number of aromatic amines is 1. The Balaban J connectivity index is 1.80. The van der Waals surface area contributed by atoms with Gasteiger partial charge in [0.25, 0.3) is 0 Å². The van der Waals surface area contributed by atoms with Crippen molar-refractivity contribution in [1.82, 2.24) is 15.2 Å². The number of likely N-dealkylation sites (tertiary alicyclic amines) is 1. The van der Waals surface area contributed by atoms with Crippen molar-refractivity contribution >= 4 is 22.9 Å². The molecule has 6 heteroatoms. The van der Waals surface area contributed by atoms with Crippen LogP contribution in [-0.4, -0.2) is 46.6 Å². The van der Waals surface area contributed by atoms with E-state index >= 15 is 0 Å². The summed E-state index contributed by atoms with van der Waals surface area (Å²) in [5.41, 5.74) is 1.43. The number of nitrogens with one attached hydrogen (secondary N) is 2. The minimum Gasteiger partial charge on any atom is -0.444 e. The van der Waals surface area contributed by atoms with E-state index in [0.717, 1.165) is 48.8 Å². The smallest absolute Gasteiger partial charge is 0.408 e.